The van der Waals surface area contributed by atoms with Gasteiger partial charge in [-0.1, -0.05) is 0 Å². The maximum atomic E-state index is 13.1. The van der Waals surface area contributed by atoms with Crippen molar-refractivity contribution < 1.29 is 13.8 Å². The zero-order chi connectivity index (χ0) is 15.6. The van der Waals surface area contributed by atoms with Crippen LogP contribution < -0.4 is 10.2 Å². The van der Waals surface area contributed by atoms with Gasteiger partial charge < -0.3 is 15.0 Å². The Morgan fingerprint density at radius 3 is 2.43 bits per heavy atom. The van der Waals surface area contributed by atoms with E-state index in [0.29, 0.717) is 54.9 Å². The van der Waals surface area contributed by atoms with E-state index >= 15 is 0 Å². The van der Waals surface area contributed by atoms with E-state index in [0.717, 1.165) is 0 Å². The number of aromatic nitrogens is 4. The number of morpholine rings is 1. The van der Waals surface area contributed by atoms with Gasteiger partial charge in [0, 0.05) is 18.8 Å². The number of benzene rings is 1. The molecule has 8 nitrogen and oxygen atoms in total. The number of nitrogens with zero attached hydrogens (tertiary/aromatic N) is 5. The molecule has 0 atom stereocenters. The van der Waals surface area contributed by atoms with Gasteiger partial charge in [-0.2, -0.15) is 0 Å². The summed E-state index contributed by atoms with van der Waals surface area (Å²) in [5.41, 5.74) is 1.36. The van der Waals surface area contributed by atoms with Crippen LogP contribution in [0.15, 0.2) is 28.9 Å². The molecule has 1 N–H and O–H groups in total. The van der Waals surface area contributed by atoms with Crippen molar-refractivity contribution >= 4 is 28.6 Å². The third kappa shape index (κ3) is 2.78. The van der Waals surface area contributed by atoms with Crippen LogP contribution in [0.4, 0.5) is 21.7 Å². The largest absolute Gasteiger partial charge is 0.378 e. The Kier molecular flexibility index (Phi) is 3.46. The number of anilines is 3. The molecule has 1 saturated heterocycles. The first kappa shape index (κ1) is 13.8. The molecule has 2 aromatic heterocycles. The van der Waals surface area contributed by atoms with E-state index in [1.165, 1.54) is 12.1 Å². The van der Waals surface area contributed by atoms with Gasteiger partial charge in [0.15, 0.2) is 11.6 Å². The van der Waals surface area contributed by atoms with Crippen molar-refractivity contribution in [3.8, 4) is 0 Å². The van der Waals surface area contributed by atoms with Crippen LogP contribution in [0.5, 0.6) is 0 Å². The summed E-state index contributed by atoms with van der Waals surface area (Å²) in [5, 5.41) is 10.6. The molecule has 118 valence electrons. The van der Waals surface area contributed by atoms with Crippen LogP contribution in [0.25, 0.3) is 11.3 Å². The topological polar surface area (TPSA) is 89.2 Å². The fraction of sp³-hybridized carbons (Fsp3) is 0.286. The van der Waals surface area contributed by atoms with Crippen LogP contribution in [0.3, 0.4) is 0 Å². The SMILES string of the molecule is Fc1ccc(Nc2nc3nonc3nc2N2CCOCC2)cc1. The van der Waals surface area contributed by atoms with E-state index in [1.807, 2.05) is 0 Å². The minimum Gasteiger partial charge on any atom is -0.378 e. The standard InChI is InChI=1S/C14H13FN6O2/c15-9-1-3-10(4-2-9)16-13-14(21-5-7-22-8-6-21)18-12-11(17-13)19-23-20-12/h1-4H,5-8H2,(H,16,17,19). The summed E-state index contributed by atoms with van der Waals surface area (Å²) in [6.07, 6.45) is 0. The maximum Gasteiger partial charge on any atom is 0.245 e. The predicted octanol–water partition coefficient (Wildman–Crippen LogP) is 1.73. The number of nitrogens with one attached hydrogen (secondary N) is 1. The van der Waals surface area contributed by atoms with Crippen LogP contribution in [-0.2, 0) is 4.74 Å². The lowest BCUT2D eigenvalue weighted by Crippen LogP contribution is -2.37. The Hall–Kier alpha value is -2.81. The molecule has 1 aromatic carbocycles. The van der Waals surface area contributed by atoms with E-state index in [9.17, 15) is 4.39 Å². The van der Waals surface area contributed by atoms with Crippen molar-refractivity contribution in [1.29, 1.82) is 0 Å². The Morgan fingerprint density at radius 2 is 1.70 bits per heavy atom. The molecule has 0 saturated carbocycles. The number of halogens is 1. The maximum absolute atomic E-state index is 13.1. The van der Waals surface area contributed by atoms with Gasteiger partial charge in [-0.05, 0) is 34.6 Å². The van der Waals surface area contributed by atoms with Gasteiger partial charge in [-0.15, -0.1) is 0 Å². The smallest absolute Gasteiger partial charge is 0.245 e. The summed E-state index contributed by atoms with van der Waals surface area (Å²) in [5.74, 6) is 0.855. The van der Waals surface area contributed by atoms with E-state index in [2.05, 4.69) is 35.1 Å². The van der Waals surface area contributed by atoms with Crippen molar-refractivity contribution in [1.82, 2.24) is 20.3 Å². The van der Waals surface area contributed by atoms with Gasteiger partial charge in [0.1, 0.15) is 5.82 Å². The van der Waals surface area contributed by atoms with Gasteiger partial charge in [0.2, 0.25) is 11.3 Å². The summed E-state index contributed by atoms with van der Waals surface area (Å²) in [6.45, 7) is 2.63. The molecule has 1 aliphatic heterocycles. The fourth-order valence-electron chi connectivity index (χ4n) is 2.38. The number of ether oxygens (including phenoxy) is 1. The molecule has 3 heterocycles. The van der Waals surface area contributed by atoms with Crippen LogP contribution in [0, 0.1) is 5.82 Å². The molecule has 0 spiro atoms. The highest BCUT2D eigenvalue weighted by atomic mass is 19.1. The molecule has 4 rings (SSSR count). The minimum atomic E-state index is -0.300. The molecule has 1 fully saturated rings. The highest BCUT2D eigenvalue weighted by Gasteiger charge is 2.20. The molecular formula is C14H13FN6O2. The summed E-state index contributed by atoms with van der Waals surface area (Å²) in [4.78, 5) is 10.9. The molecule has 9 heteroatoms. The molecule has 0 bridgehead atoms. The van der Waals surface area contributed by atoms with Crippen LogP contribution >= 0.6 is 0 Å². The normalized spacial score (nSPS) is 15.1. The van der Waals surface area contributed by atoms with Crippen LogP contribution in [0.2, 0.25) is 0 Å². The molecule has 3 aromatic rings. The van der Waals surface area contributed by atoms with E-state index in [4.69, 9.17) is 4.74 Å². The van der Waals surface area contributed by atoms with Crippen LogP contribution in [0.1, 0.15) is 0 Å². The predicted molar refractivity (Wildman–Crippen MR) is 80.1 cm³/mol. The first-order valence-corrected chi connectivity index (χ1v) is 7.15. The Bertz CT molecular complexity index is 816. The van der Waals surface area contributed by atoms with Gasteiger partial charge in [0.05, 0.1) is 13.2 Å². The Balaban J connectivity index is 1.74. The van der Waals surface area contributed by atoms with Crippen molar-refractivity contribution in [3.63, 3.8) is 0 Å². The first-order chi connectivity index (χ1) is 11.3. The van der Waals surface area contributed by atoms with Crippen molar-refractivity contribution in [2.75, 3.05) is 36.5 Å². The van der Waals surface area contributed by atoms with Crippen molar-refractivity contribution in [2.24, 2.45) is 0 Å². The second-order valence-corrected chi connectivity index (χ2v) is 5.04. The second kappa shape index (κ2) is 5.76. The first-order valence-electron chi connectivity index (χ1n) is 7.15. The lowest BCUT2D eigenvalue weighted by atomic mass is 10.3. The molecule has 1 aliphatic rings. The molecule has 0 unspecified atom stereocenters. The number of hydrogen-bond acceptors (Lipinski definition) is 8. The molecule has 23 heavy (non-hydrogen) atoms. The Morgan fingerprint density at radius 1 is 1.00 bits per heavy atom. The fourth-order valence-corrected chi connectivity index (χ4v) is 2.38. The monoisotopic (exact) mass is 316 g/mol. The highest BCUT2D eigenvalue weighted by Crippen LogP contribution is 2.27. The van der Waals surface area contributed by atoms with Crippen LogP contribution in [-0.4, -0.2) is 46.6 Å². The molecular weight excluding hydrogens is 303 g/mol. The molecule has 0 amide bonds. The van der Waals surface area contributed by atoms with E-state index in [-0.39, 0.29) is 5.82 Å². The third-order valence-corrected chi connectivity index (χ3v) is 3.51. The summed E-state index contributed by atoms with van der Waals surface area (Å²) in [7, 11) is 0. The van der Waals surface area contributed by atoms with E-state index in [1.54, 1.807) is 12.1 Å². The van der Waals surface area contributed by atoms with Crippen molar-refractivity contribution in [2.45, 2.75) is 0 Å². The number of rotatable bonds is 3. The minimum absolute atomic E-state index is 0.300. The number of hydrogen-bond donors (Lipinski definition) is 1. The Labute approximate surface area is 130 Å². The highest BCUT2D eigenvalue weighted by molar-refractivity contribution is 5.77. The molecule has 0 aliphatic carbocycles. The van der Waals surface area contributed by atoms with Gasteiger partial charge in [0.25, 0.3) is 0 Å². The summed E-state index contributed by atoms with van der Waals surface area (Å²) >= 11 is 0. The van der Waals surface area contributed by atoms with Crippen molar-refractivity contribution in [3.05, 3.63) is 30.1 Å². The lowest BCUT2D eigenvalue weighted by molar-refractivity contribution is 0.122. The van der Waals surface area contributed by atoms with E-state index < -0.39 is 0 Å². The summed E-state index contributed by atoms with van der Waals surface area (Å²) < 4.78 is 23.1. The summed E-state index contributed by atoms with van der Waals surface area (Å²) in [6, 6.07) is 6.01. The zero-order valence-electron chi connectivity index (χ0n) is 12.1. The third-order valence-electron chi connectivity index (χ3n) is 3.51. The molecule has 0 radical (unpaired) electrons. The lowest BCUT2D eigenvalue weighted by Gasteiger charge is -2.28. The quantitative estimate of drug-likeness (QED) is 0.781. The van der Waals surface area contributed by atoms with Gasteiger partial charge >= 0.3 is 0 Å². The average Bonchev–Trinajstić information content (AvgIpc) is 3.04. The second-order valence-electron chi connectivity index (χ2n) is 5.04. The average molecular weight is 316 g/mol. The van der Waals surface area contributed by atoms with Gasteiger partial charge in [-0.25, -0.2) is 19.0 Å². The number of fused-ring (bicyclic) bond motifs is 1. The van der Waals surface area contributed by atoms with Gasteiger partial charge in [-0.3, -0.25) is 0 Å². The zero-order valence-corrected chi connectivity index (χ0v) is 12.1.